The number of nitrogens with one attached hydrogen (secondary N) is 1. The summed E-state index contributed by atoms with van der Waals surface area (Å²) in [5, 5.41) is 3.07. The number of hydrogen-bond donors (Lipinski definition) is 1. The molecule has 1 aromatic rings. The number of piperazine rings is 1. The van der Waals surface area contributed by atoms with Crippen LogP contribution in [0.15, 0.2) is 35.2 Å². The lowest BCUT2D eigenvalue weighted by Crippen LogP contribution is -2.61. The van der Waals surface area contributed by atoms with E-state index in [0.29, 0.717) is 18.9 Å². The van der Waals surface area contributed by atoms with Crippen LogP contribution >= 0.6 is 0 Å². The van der Waals surface area contributed by atoms with Crippen LogP contribution in [0, 0.1) is 11.8 Å². The van der Waals surface area contributed by atoms with Gasteiger partial charge in [-0.1, -0.05) is 39.8 Å². The number of hydrogen-bond acceptors (Lipinski definition) is 4. The third-order valence-electron chi connectivity index (χ3n) is 4.90. The molecular weight excluding hydrogens is 388 g/mol. The van der Waals surface area contributed by atoms with Crippen molar-refractivity contribution in [1.29, 1.82) is 0 Å². The van der Waals surface area contributed by atoms with Gasteiger partial charge in [0.2, 0.25) is 11.8 Å². The van der Waals surface area contributed by atoms with E-state index in [1.807, 2.05) is 13.8 Å². The molecule has 0 aliphatic carbocycles. The van der Waals surface area contributed by atoms with Crippen molar-refractivity contribution in [2.24, 2.45) is 11.8 Å². The molecule has 1 saturated heterocycles. The highest BCUT2D eigenvalue weighted by atomic mass is 32.2. The van der Waals surface area contributed by atoms with Gasteiger partial charge in [-0.3, -0.25) is 9.59 Å². The van der Waals surface area contributed by atoms with Crippen LogP contribution in [0.2, 0.25) is 0 Å². The number of nitrogens with zero attached hydrogens (tertiary/aromatic N) is 1. The average Bonchev–Trinajstić information content (AvgIpc) is 2.60. The van der Waals surface area contributed by atoms with Gasteiger partial charge in [-0.25, -0.2) is 8.42 Å². The summed E-state index contributed by atoms with van der Waals surface area (Å²) in [5.41, 5.74) is 0.728. The van der Waals surface area contributed by atoms with E-state index in [1.54, 1.807) is 23.1 Å². The lowest BCUT2D eigenvalue weighted by Gasteiger charge is -2.40. The standard InChI is InChI=1S/C22H32N2O4S/c1-15(2)12-18-14-24(20(13-16(3)4)22(26)23-18)21(25)11-8-17-6-9-19(10-7-17)29(5,27)28/h6-11,15-16,18,20H,12-14H2,1-5H3,(H,23,26)/b11-8+. The van der Waals surface area contributed by atoms with Crippen LogP contribution < -0.4 is 5.32 Å². The summed E-state index contributed by atoms with van der Waals surface area (Å²) >= 11 is 0. The van der Waals surface area contributed by atoms with E-state index in [-0.39, 0.29) is 28.7 Å². The highest BCUT2D eigenvalue weighted by Gasteiger charge is 2.36. The summed E-state index contributed by atoms with van der Waals surface area (Å²) in [5.74, 6) is 0.416. The Morgan fingerprint density at radius 2 is 1.72 bits per heavy atom. The summed E-state index contributed by atoms with van der Waals surface area (Å²) in [6.45, 7) is 8.76. The molecule has 2 rings (SSSR count). The van der Waals surface area contributed by atoms with Crippen LogP contribution in [0.25, 0.3) is 6.08 Å². The number of benzene rings is 1. The Labute approximate surface area is 174 Å². The molecule has 1 fully saturated rings. The van der Waals surface area contributed by atoms with Crippen molar-refractivity contribution in [2.45, 2.75) is 57.5 Å². The Morgan fingerprint density at radius 1 is 1.14 bits per heavy atom. The largest absolute Gasteiger partial charge is 0.350 e. The second-order valence-electron chi connectivity index (χ2n) is 8.65. The summed E-state index contributed by atoms with van der Waals surface area (Å²) in [6, 6.07) is 5.86. The molecule has 2 amide bonds. The maximum absolute atomic E-state index is 12.9. The minimum absolute atomic E-state index is 0.0442. The monoisotopic (exact) mass is 420 g/mol. The normalized spacial score (nSPS) is 20.5. The van der Waals surface area contributed by atoms with Gasteiger partial charge in [0.1, 0.15) is 6.04 Å². The second-order valence-corrected chi connectivity index (χ2v) is 10.7. The van der Waals surface area contributed by atoms with E-state index in [0.717, 1.165) is 18.2 Å². The minimum Gasteiger partial charge on any atom is -0.350 e. The predicted molar refractivity (Wildman–Crippen MR) is 115 cm³/mol. The fourth-order valence-corrected chi connectivity index (χ4v) is 4.20. The minimum atomic E-state index is -3.25. The smallest absolute Gasteiger partial charge is 0.247 e. The van der Waals surface area contributed by atoms with Gasteiger partial charge in [0.25, 0.3) is 0 Å². The summed E-state index contributed by atoms with van der Waals surface area (Å²) in [4.78, 5) is 27.5. The van der Waals surface area contributed by atoms with Crippen LogP contribution in [0.4, 0.5) is 0 Å². The van der Waals surface area contributed by atoms with Crippen LogP contribution in [0.1, 0.15) is 46.1 Å². The van der Waals surface area contributed by atoms with Gasteiger partial charge < -0.3 is 10.2 Å². The average molecular weight is 421 g/mol. The molecule has 0 saturated carbocycles. The molecule has 0 bridgehead atoms. The van der Waals surface area contributed by atoms with Crippen LogP contribution in [-0.4, -0.2) is 50.0 Å². The molecule has 0 aromatic heterocycles. The van der Waals surface area contributed by atoms with Gasteiger partial charge >= 0.3 is 0 Å². The van der Waals surface area contributed by atoms with E-state index in [4.69, 9.17) is 0 Å². The van der Waals surface area contributed by atoms with Crippen molar-refractivity contribution < 1.29 is 18.0 Å². The molecule has 2 unspecified atom stereocenters. The first-order chi connectivity index (χ1) is 13.5. The summed E-state index contributed by atoms with van der Waals surface area (Å²) < 4.78 is 23.1. The van der Waals surface area contributed by atoms with Crippen molar-refractivity contribution in [1.82, 2.24) is 10.2 Å². The number of carbonyl (C=O) groups excluding carboxylic acids is 2. The van der Waals surface area contributed by atoms with Gasteiger partial charge in [-0.05, 0) is 48.4 Å². The van der Waals surface area contributed by atoms with E-state index < -0.39 is 15.9 Å². The highest BCUT2D eigenvalue weighted by Crippen LogP contribution is 2.20. The van der Waals surface area contributed by atoms with Crippen molar-refractivity contribution in [3.63, 3.8) is 0 Å². The second kappa shape index (κ2) is 9.57. The fraction of sp³-hybridized carbons (Fsp3) is 0.545. The lowest BCUT2D eigenvalue weighted by atomic mass is 9.95. The predicted octanol–water partition coefficient (Wildman–Crippen LogP) is 2.89. The Balaban J connectivity index is 2.18. The van der Waals surface area contributed by atoms with Gasteiger partial charge in [0, 0.05) is 24.9 Å². The van der Waals surface area contributed by atoms with Crippen LogP contribution in [-0.2, 0) is 19.4 Å². The first-order valence-corrected chi connectivity index (χ1v) is 12.0. The molecule has 29 heavy (non-hydrogen) atoms. The molecule has 1 aromatic carbocycles. The zero-order valence-electron chi connectivity index (χ0n) is 17.9. The van der Waals surface area contributed by atoms with Crippen molar-refractivity contribution in [3.05, 3.63) is 35.9 Å². The SMILES string of the molecule is CC(C)CC1CN(C(=O)/C=C/c2ccc(S(C)(=O)=O)cc2)C(CC(C)C)C(=O)N1. The fourth-order valence-electron chi connectivity index (χ4n) is 3.57. The molecule has 1 heterocycles. The maximum Gasteiger partial charge on any atom is 0.247 e. The van der Waals surface area contributed by atoms with Crippen LogP contribution in [0.3, 0.4) is 0 Å². The Hall–Kier alpha value is -2.15. The summed E-state index contributed by atoms with van der Waals surface area (Å²) in [6.07, 6.45) is 5.72. The molecule has 1 aliphatic rings. The molecule has 1 N–H and O–H groups in total. The molecule has 160 valence electrons. The Bertz CT molecular complexity index is 857. The molecule has 0 radical (unpaired) electrons. The van der Waals surface area contributed by atoms with Crippen molar-refractivity contribution >= 4 is 27.7 Å². The highest BCUT2D eigenvalue weighted by molar-refractivity contribution is 7.90. The summed E-state index contributed by atoms with van der Waals surface area (Å²) in [7, 11) is -3.25. The van der Waals surface area contributed by atoms with Gasteiger partial charge in [-0.15, -0.1) is 0 Å². The molecular formula is C22H32N2O4S. The van der Waals surface area contributed by atoms with Crippen molar-refractivity contribution in [2.75, 3.05) is 12.8 Å². The first-order valence-electron chi connectivity index (χ1n) is 10.1. The van der Waals surface area contributed by atoms with E-state index in [1.165, 1.54) is 18.2 Å². The third kappa shape index (κ3) is 6.70. The van der Waals surface area contributed by atoms with Gasteiger partial charge in [0.15, 0.2) is 9.84 Å². The molecule has 6 nitrogen and oxygen atoms in total. The number of amides is 2. The molecule has 1 aliphatic heterocycles. The number of carbonyl (C=O) groups is 2. The van der Waals surface area contributed by atoms with Gasteiger partial charge in [0.05, 0.1) is 4.90 Å². The lowest BCUT2D eigenvalue weighted by molar-refractivity contribution is -0.142. The van der Waals surface area contributed by atoms with Crippen LogP contribution in [0.5, 0.6) is 0 Å². The quantitative estimate of drug-likeness (QED) is 0.688. The Kier molecular flexibility index (Phi) is 7.63. The number of rotatable bonds is 7. The van der Waals surface area contributed by atoms with Gasteiger partial charge in [-0.2, -0.15) is 0 Å². The van der Waals surface area contributed by atoms with E-state index in [9.17, 15) is 18.0 Å². The molecule has 2 atom stereocenters. The zero-order chi connectivity index (χ0) is 21.8. The zero-order valence-corrected chi connectivity index (χ0v) is 18.7. The topological polar surface area (TPSA) is 83.6 Å². The first kappa shape index (κ1) is 23.1. The molecule has 7 heteroatoms. The van der Waals surface area contributed by atoms with E-state index in [2.05, 4.69) is 19.2 Å². The maximum atomic E-state index is 12.9. The van der Waals surface area contributed by atoms with Crippen molar-refractivity contribution in [3.8, 4) is 0 Å². The van der Waals surface area contributed by atoms with E-state index >= 15 is 0 Å². The molecule has 0 spiro atoms. The Morgan fingerprint density at radius 3 is 2.24 bits per heavy atom. The third-order valence-corrected chi connectivity index (χ3v) is 6.03. The number of sulfone groups is 1.